The molecule has 2 saturated heterocycles. The Kier molecular flexibility index (Phi) is 8.30. The maximum Gasteiger partial charge on any atom is 0.323 e. The van der Waals surface area contributed by atoms with Crippen molar-refractivity contribution >= 4 is 40.8 Å². The highest BCUT2D eigenvalue weighted by Gasteiger charge is 2.40. The summed E-state index contributed by atoms with van der Waals surface area (Å²) in [6.45, 7) is 4.19. The van der Waals surface area contributed by atoms with Gasteiger partial charge in [0.2, 0.25) is 11.8 Å². The van der Waals surface area contributed by atoms with E-state index >= 15 is 0 Å². The van der Waals surface area contributed by atoms with Crippen molar-refractivity contribution in [2.24, 2.45) is 5.73 Å². The van der Waals surface area contributed by atoms with Crippen molar-refractivity contribution in [2.75, 3.05) is 30.4 Å². The highest BCUT2D eigenvalue weighted by atomic mass is 35.5. The molecule has 0 radical (unpaired) electrons. The molecule has 2 atom stereocenters. The number of hydrogen-bond donors (Lipinski definition) is 3. The minimum absolute atomic E-state index is 0.0168. The monoisotopic (exact) mass is 491 g/mol. The molecule has 2 aliphatic heterocycles. The first kappa shape index (κ1) is 25.3. The Morgan fingerprint density at radius 1 is 1.35 bits per heavy atom. The van der Waals surface area contributed by atoms with Crippen molar-refractivity contribution in [3.8, 4) is 0 Å². The number of rotatable bonds is 7. The van der Waals surface area contributed by atoms with Crippen LogP contribution >= 0.6 is 11.6 Å². The molecule has 11 heteroatoms. The maximum atomic E-state index is 14.7. The summed E-state index contributed by atoms with van der Waals surface area (Å²) in [5.41, 5.74) is 6.20. The number of allylic oxidation sites excluding steroid dienone is 4. The molecule has 34 heavy (non-hydrogen) atoms. The minimum atomic E-state index is -0.913. The van der Waals surface area contributed by atoms with Crippen molar-refractivity contribution in [3.63, 3.8) is 0 Å². The smallest absolute Gasteiger partial charge is 0.323 e. The van der Waals surface area contributed by atoms with Gasteiger partial charge in [0.1, 0.15) is 17.7 Å². The number of hydrogen-bond acceptors (Lipinski definition) is 5. The van der Waals surface area contributed by atoms with Gasteiger partial charge in [-0.2, -0.15) is 0 Å². The first-order valence-electron chi connectivity index (χ1n) is 10.7. The third-order valence-electron chi connectivity index (χ3n) is 5.62. The van der Waals surface area contributed by atoms with Gasteiger partial charge in [-0.05, 0) is 36.8 Å². The number of nitrogens with two attached hydrogens (primary N) is 1. The van der Waals surface area contributed by atoms with Gasteiger partial charge in [0, 0.05) is 43.8 Å². The van der Waals surface area contributed by atoms with Crippen molar-refractivity contribution in [2.45, 2.75) is 31.4 Å². The molecule has 0 aromatic heterocycles. The Morgan fingerprint density at radius 3 is 2.74 bits per heavy atom. The summed E-state index contributed by atoms with van der Waals surface area (Å²) in [5, 5.41) is 5.35. The predicted octanol–water partition coefficient (Wildman–Crippen LogP) is 2.80. The van der Waals surface area contributed by atoms with Crippen LogP contribution < -0.4 is 21.3 Å². The number of nitrogens with one attached hydrogen (secondary N) is 2. The van der Waals surface area contributed by atoms with Gasteiger partial charge < -0.3 is 25.6 Å². The van der Waals surface area contributed by atoms with Gasteiger partial charge in [0.15, 0.2) is 0 Å². The molecule has 4 amide bonds. The van der Waals surface area contributed by atoms with Crippen LogP contribution in [0.2, 0.25) is 0 Å². The lowest BCUT2D eigenvalue weighted by Gasteiger charge is -2.24. The minimum Gasteiger partial charge on any atom is -0.385 e. The predicted molar refractivity (Wildman–Crippen MR) is 127 cm³/mol. The summed E-state index contributed by atoms with van der Waals surface area (Å²) in [4.78, 5) is 40.4. The van der Waals surface area contributed by atoms with E-state index in [4.69, 9.17) is 22.1 Å². The molecular formula is C23H27ClFN5O4. The molecule has 0 bridgehead atoms. The largest absolute Gasteiger partial charge is 0.385 e. The Balaban J connectivity index is 1.71. The summed E-state index contributed by atoms with van der Waals surface area (Å²) in [5.74, 6) is -1.30. The van der Waals surface area contributed by atoms with E-state index in [-0.39, 0.29) is 36.5 Å². The van der Waals surface area contributed by atoms with Crippen LogP contribution in [-0.2, 0) is 14.3 Å². The van der Waals surface area contributed by atoms with Crippen LogP contribution in [0.15, 0.2) is 53.9 Å². The van der Waals surface area contributed by atoms with Crippen LogP contribution in [-0.4, -0.2) is 55.1 Å². The zero-order valence-electron chi connectivity index (χ0n) is 18.7. The Hall–Kier alpha value is -3.37. The molecule has 0 aliphatic carbocycles. The fourth-order valence-electron chi connectivity index (χ4n) is 3.83. The van der Waals surface area contributed by atoms with Gasteiger partial charge in [-0.25, -0.2) is 9.18 Å². The lowest BCUT2D eigenvalue weighted by atomic mass is 10.1. The number of amides is 4. The second kappa shape index (κ2) is 11.2. The van der Waals surface area contributed by atoms with E-state index in [9.17, 15) is 18.8 Å². The zero-order chi connectivity index (χ0) is 24.8. The molecule has 0 unspecified atom stereocenters. The fourth-order valence-corrected chi connectivity index (χ4v) is 3.89. The van der Waals surface area contributed by atoms with Crippen molar-refractivity contribution in [1.29, 1.82) is 0 Å². The van der Waals surface area contributed by atoms with Crippen LogP contribution in [0.25, 0.3) is 0 Å². The third kappa shape index (κ3) is 5.95. The number of carbonyl (C=O) groups excluding carboxylic acids is 3. The van der Waals surface area contributed by atoms with E-state index < -0.39 is 23.8 Å². The molecule has 3 rings (SSSR count). The van der Waals surface area contributed by atoms with E-state index in [2.05, 4.69) is 17.2 Å². The van der Waals surface area contributed by atoms with E-state index in [1.54, 1.807) is 6.07 Å². The zero-order valence-corrected chi connectivity index (χ0v) is 19.5. The van der Waals surface area contributed by atoms with Gasteiger partial charge in [-0.15, -0.1) is 0 Å². The molecule has 2 heterocycles. The summed E-state index contributed by atoms with van der Waals surface area (Å²) in [6.07, 6.45) is 5.25. The molecule has 182 valence electrons. The highest BCUT2D eigenvalue weighted by Crippen LogP contribution is 2.27. The topological polar surface area (TPSA) is 117 Å². The molecule has 4 N–H and O–H groups in total. The normalized spacial score (nSPS) is 21.1. The SMILES string of the molecule is C=C/C(Cl)=C\C=C(/N)NC(=O)N1C[C@H](OC)C[C@@H]1C(=O)Nc1ccc(N2CCCC2=O)cc1F. The van der Waals surface area contributed by atoms with Crippen molar-refractivity contribution in [1.82, 2.24) is 10.2 Å². The second-order valence-electron chi connectivity index (χ2n) is 7.87. The Morgan fingerprint density at radius 2 is 2.12 bits per heavy atom. The molecule has 2 fully saturated rings. The summed E-state index contributed by atoms with van der Waals surface area (Å²) >= 11 is 5.82. The molecular weight excluding hydrogens is 465 g/mol. The molecule has 0 spiro atoms. The molecule has 1 aromatic rings. The number of halogens is 2. The number of likely N-dealkylation sites (tertiary alicyclic amines) is 1. The number of benzene rings is 1. The van der Waals surface area contributed by atoms with E-state index in [0.717, 1.165) is 6.42 Å². The van der Waals surface area contributed by atoms with E-state index in [0.29, 0.717) is 23.7 Å². The second-order valence-corrected chi connectivity index (χ2v) is 8.31. The van der Waals surface area contributed by atoms with Crippen LogP contribution in [0, 0.1) is 5.82 Å². The average Bonchev–Trinajstić information content (AvgIpc) is 3.45. The molecule has 1 aromatic carbocycles. The number of carbonyl (C=O) groups is 3. The van der Waals surface area contributed by atoms with Gasteiger partial charge in [-0.1, -0.05) is 24.3 Å². The number of ether oxygens (including phenoxy) is 1. The van der Waals surface area contributed by atoms with Gasteiger partial charge in [0.05, 0.1) is 11.8 Å². The van der Waals surface area contributed by atoms with E-state index in [1.165, 1.54) is 47.3 Å². The molecule has 0 saturated carbocycles. The standard InChI is InChI=1S/C23H27ClFN5O4/c1-3-14(24)6-9-20(26)28-23(33)30-13-16(34-2)12-19(30)22(32)27-18-8-7-15(11-17(18)25)29-10-4-5-21(29)31/h3,6-9,11,16,19H,1,4-5,10,12-13,26H2,2H3,(H,27,32)(H,28,33)/b14-6+,20-9+/t16-,19-/m1/s1. The first-order valence-corrected chi connectivity index (χ1v) is 11.1. The lowest BCUT2D eigenvalue weighted by Crippen LogP contribution is -2.48. The van der Waals surface area contributed by atoms with Crippen molar-refractivity contribution in [3.05, 3.63) is 59.7 Å². The van der Waals surface area contributed by atoms with Crippen LogP contribution in [0.5, 0.6) is 0 Å². The van der Waals surface area contributed by atoms with Gasteiger partial charge >= 0.3 is 6.03 Å². The Bertz CT molecular complexity index is 1040. The summed E-state index contributed by atoms with van der Waals surface area (Å²) < 4.78 is 20.0. The van der Waals surface area contributed by atoms with Crippen molar-refractivity contribution < 1.29 is 23.5 Å². The number of anilines is 2. The Labute approximate surface area is 202 Å². The first-order chi connectivity index (χ1) is 16.2. The number of urea groups is 1. The third-order valence-corrected chi connectivity index (χ3v) is 5.90. The highest BCUT2D eigenvalue weighted by molar-refractivity contribution is 6.31. The molecule has 2 aliphatic rings. The van der Waals surface area contributed by atoms with Crippen LogP contribution in [0.4, 0.5) is 20.6 Å². The molecule has 9 nitrogen and oxygen atoms in total. The maximum absolute atomic E-state index is 14.7. The van der Waals surface area contributed by atoms with Gasteiger partial charge in [-0.3, -0.25) is 14.9 Å². The van der Waals surface area contributed by atoms with E-state index in [1.807, 2.05) is 0 Å². The van der Waals surface area contributed by atoms with Crippen LogP contribution in [0.3, 0.4) is 0 Å². The van der Waals surface area contributed by atoms with Gasteiger partial charge in [0.25, 0.3) is 0 Å². The summed E-state index contributed by atoms with van der Waals surface area (Å²) in [6, 6.07) is 2.66. The van der Waals surface area contributed by atoms with Crippen LogP contribution in [0.1, 0.15) is 19.3 Å². The fraction of sp³-hybridized carbons (Fsp3) is 0.348. The number of nitrogens with zero attached hydrogens (tertiary/aromatic N) is 2. The average molecular weight is 492 g/mol. The summed E-state index contributed by atoms with van der Waals surface area (Å²) in [7, 11) is 1.48. The number of methoxy groups -OCH3 is 1. The quantitative estimate of drug-likeness (QED) is 0.507. The lowest BCUT2D eigenvalue weighted by molar-refractivity contribution is -0.119.